The van der Waals surface area contributed by atoms with Gasteiger partial charge in [-0.2, -0.15) is 0 Å². The van der Waals surface area contributed by atoms with E-state index in [1.54, 1.807) is 12.4 Å². The first-order valence-corrected chi connectivity index (χ1v) is 4.96. The molecule has 15 heavy (non-hydrogen) atoms. The van der Waals surface area contributed by atoms with E-state index in [-0.39, 0.29) is 0 Å². The summed E-state index contributed by atoms with van der Waals surface area (Å²) in [6, 6.07) is 5.83. The van der Waals surface area contributed by atoms with Crippen LogP contribution in [0.15, 0.2) is 40.6 Å². The number of hydrogen-bond donors (Lipinski definition) is 0. The standard InChI is InChI=1S/C10H7ClN4/c11-10-13-5-7(14-10)8-6-12-9-3-1-2-4-15(8)9/h1-6,10H/t10-/m1/s1. The van der Waals surface area contributed by atoms with E-state index in [0.29, 0.717) is 0 Å². The highest BCUT2D eigenvalue weighted by atomic mass is 35.5. The lowest BCUT2D eigenvalue weighted by Gasteiger charge is -1.97. The Morgan fingerprint density at radius 1 is 1.33 bits per heavy atom. The second-order valence-electron chi connectivity index (χ2n) is 3.18. The third-order valence-electron chi connectivity index (χ3n) is 2.24. The molecule has 2 aromatic heterocycles. The lowest BCUT2D eigenvalue weighted by molar-refractivity contribution is 1.00. The first kappa shape index (κ1) is 8.61. The van der Waals surface area contributed by atoms with E-state index in [2.05, 4.69) is 15.0 Å². The Morgan fingerprint density at radius 2 is 2.27 bits per heavy atom. The predicted molar refractivity (Wildman–Crippen MR) is 59.9 cm³/mol. The minimum atomic E-state index is -0.491. The monoisotopic (exact) mass is 218 g/mol. The summed E-state index contributed by atoms with van der Waals surface area (Å²) in [4.78, 5) is 12.4. The van der Waals surface area contributed by atoms with E-state index in [1.807, 2.05) is 28.8 Å². The molecule has 2 aromatic rings. The summed E-state index contributed by atoms with van der Waals surface area (Å²) in [5, 5.41) is 0. The summed E-state index contributed by atoms with van der Waals surface area (Å²) in [7, 11) is 0. The molecule has 0 bridgehead atoms. The van der Waals surface area contributed by atoms with Crippen molar-refractivity contribution in [3.8, 4) is 0 Å². The number of imidazole rings is 1. The normalized spacial score (nSPS) is 19.8. The zero-order valence-corrected chi connectivity index (χ0v) is 8.46. The Bertz CT molecular complexity index is 570. The van der Waals surface area contributed by atoms with Gasteiger partial charge >= 0.3 is 0 Å². The van der Waals surface area contributed by atoms with Crippen molar-refractivity contribution in [1.82, 2.24) is 9.38 Å². The summed E-state index contributed by atoms with van der Waals surface area (Å²) in [6.45, 7) is 0. The van der Waals surface area contributed by atoms with Gasteiger partial charge in [-0.05, 0) is 12.1 Å². The van der Waals surface area contributed by atoms with Gasteiger partial charge < -0.3 is 0 Å². The topological polar surface area (TPSA) is 42.0 Å². The smallest absolute Gasteiger partial charge is 0.215 e. The van der Waals surface area contributed by atoms with E-state index < -0.39 is 5.62 Å². The van der Waals surface area contributed by atoms with Crippen LogP contribution in [0.1, 0.15) is 5.69 Å². The number of aromatic nitrogens is 2. The van der Waals surface area contributed by atoms with Gasteiger partial charge in [0.2, 0.25) is 5.62 Å². The van der Waals surface area contributed by atoms with Gasteiger partial charge in [-0.1, -0.05) is 17.7 Å². The average Bonchev–Trinajstić information content (AvgIpc) is 2.83. The summed E-state index contributed by atoms with van der Waals surface area (Å²) in [5.41, 5.74) is 2.09. The highest BCUT2D eigenvalue weighted by Crippen LogP contribution is 2.12. The first-order chi connectivity index (χ1) is 7.34. The van der Waals surface area contributed by atoms with Crippen LogP contribution in [0.5, 0.6) is 0 Å². The van der Waals surface area contributed by atoms with Gasteiger partial charge in [0.15, 0.2) is 0 Å². The molecule has 5 heteroatoms. The van der Waals surface area contributed by atoms with Gasteiger partial charge in [0.1, 0.15) is 11.4 Å². The van der Waals surface area contributed by atoms with E-state index in [4.69, 9.17) is 11.6 Å². The molecular weight excluding hydrogens is 212 g/mol. The molecule has 3 rings (SSSR count). The molecule has 3 heterocycles. The van der Waals surface area contributed by atoms with Crippen LogP contribution in [0.2, 0.25) is 0 Å². The van der Waals surface area contributed by atoms with E-state index in [9.17, 15) is 0 Å². The first-order valence-electron chi connectivity index (χ1n) is 4.52. The maximum Gasteiger partial charge on any atom is 0.215 e. The molecule has 1 atom stereocenters. The minimum Gasteiger partial charge on any atom is -0.298 e. The Kier molecular flexibility index (Phi) is 1.82. The fourth-order valence-electron chi connectivity index (χ4n) is 1.57. The SMILES string of the molecule is Cl[C@@H]1N=CC(c2cnc3ccccn23)=N1. The maximum atomic E-state index is 5.76. The Labute approximate surface area is 91.0 Å². The molecular formula is C10H7ClN4. The van der Waals surface area contributed by atoms with Crippen LogP contribution >= 0.6 is 11.6 Å². The molecule has 0 aromatic carbocycles. The summed E-state index contributed by atoms with van der Waals surface area (Å²) in [5.74, 6) is 0. The third kappa shape index (κ3) is 1.34. The van der Waals surface area contributed by atoms with Crippen molar-refractivity contribution in [2.24, 2.45) is 9.98 Å². The molecule has 0 saturated heterocycles. The molecule has 0 spiro atoms. The number of aliphatic imine (C=N–C) groups is 2. The van der Waals surface area contributed by atoms with Crippen molar-refractivity contribution < 1.29 is 0 Å². The van der Waals surface area contributed by atoms with Crippen LogP contribution in [0.3, 0.4) is 0 Å². The van der Waals surface area contributed by atoms with Gasteiger partial charge in [-0.25, -0.2) is 15.0 Å². The molecule has 0 fully saturated rings. The van der Waals surface area contributed by atoms with Gasteiger partial charge in [0, 0.05) is 6.20 Å². The number of rotatable bonds is 1. The zero-order valence-electron chi connectivity index (χ0n) is 7.71. The Morgan fingerprint density at radius 3 is 3.07 bits per heavy atom. The molecule has 0 saturated carbocycles. The third-order valence-corrected chi connectivity index (χ3v) is 2.46. The molecule has 1 aliphatic heterocycles. The molecule has 0 radical (unpaired) electrons. The summed E-state index contributed by atoms with van der Waals surface area (Å²) in [6.07, 6.45) is 5.39. The number of alkyl halides is 1. The van der Waals surface area contributed by atoms with Crippen molar-refractivity contribution in [2.75, 3.05) is 0 Å². The molecule has 74 valence electrons. The van der Waals surface area contributed by atoms with Gasteiger partial charge in [-0.3, -0.25) is 4.40 Å². The number of nitrogens with zero attached hydrogens (tertiary/aromatic N) is 4. The summed E-state index contributed by atoms with van der Waals surface area (Å²) >= 11 is 5.76. The Balaban J connectivity index is 2.20. The zero-order chi connectivity index (χ0) is 10.3. The van der Waals surface area contributed by atoms with Crippen LogP contribution in [-0.2, 0) is 0 Å². The van der Waals surface area contributed by atoms with Crippen LogP contribution in [-0.4, -0.2) is 26.9 Å². The van der Waals surface area contributed by atoms with Crippen LogP contribution in [0.25, 0.3) is 5.65 Å². The highest BCUT2D eigenvalue weighted by molar-refractivity contribution is 6.41. The molecule has 0 N–H and O–H groups in total. The van der Waals surface area contributed by atoms with Gasteiger partial charge in [0.05, 0.1) is 18.1 Å². The lowest BCUT2D eigenvalue weighted by atomic mass is 10.3. The fourth-order valence-corrected chi connectivity index (χ4v) is 1.73. The molecule has 4 nitrogen and oxygen atoms in total. The second kappa shape index (κ2) is 3.17. The second-order valence-corrected chi connectivity index (χ2v) is 3.57. The van der Waals surface area contributed by atoms with Crippen molar-refractivity contribution in [2.45, 2.75) is 5.62 Å². The Hall–Kier alpha value is -1.68. The fraction of sp³-hybridized carbons (Fsp3) is 0.100. The molecule has 1 aliphatic rings. The number of hydrogen-bond acceptors (Lipinski definition) is 3. The van der Waals surface area contributed by atoms with Crippen LogP contribution in [0.4, 0.5) is 0 Å². The highest BCUT2D eigenvalue weighted by Gasteiger charge is 2.14. The number of halogens is 1. The van der Waals surface area contributed by atoms with Crippen molar-refractivity contribution in [1.29, 1.82) is 0 Å². The van der Waals surface area contributed by atoms with Crippen molar-refractivity contribution in [3.05, 3.63) is 36.3 Å². The molecule has 0 amide bonds. The van der Waals surface area contributed by atoms with Crippen molar-refractivity contribution in [3.63, 3.8) is 0 Å². The number of pyridine rings is 1. The maximum absolute atomic E-state index is 5.76. The van der Waals surface area contributed by atoms with Crippen LogP contribution in [0, 0.1) is 0 Å². The lowest BCUT2D eigenvalue weighted by Crippen LogP contribution is -2.03. The molecule has 0 aliphatic carbocycles. The number of fused-ring (bicyclic) bond motifs is 1. The average molecular weight is 219 g/mol. The quantitative estimate of drug-likeness (QED) is 0.531. The van der Waals surface area contributed by atoms with E-state index >= 15 is 0 Å². The van der Waals surface area contributed by atoms with E-state index in [0.717, 1.165) is 17.1 Å². The summed E-state index contributed by atoms with van der Waals surface area (Å²) < 4.78 is 1.96. The van der Waals surface area contributed by atoms with Gasteiger partial charge in [-0.15, -0.1) is 0 Å². The predicted octanol–water partition coefficient (Wildman–Crippen LogP) is 1.73. The molecule has 0 unspecified atom stereocenters. The van der Waals surface area contributed by atoms with Crippen molar-refractivity contribution >= 4 is 29.2 Å². The largest absolute Gasteiger partial charge is 0.298 e. The van der Waals surface area contributed by atoms with Crippen LogP contribution < -0.4 is 0 Å². The van der Waals surface area contributed by atoms with Gasteiger partial charge in [0.25, 0.3) is 0 Å². The van der Waals surface area contributed by atoms with E-state index in [1.165, 1.54) is 0 Å². The minimum absolute atomic E-state index is 0.491.